The van der Waals surface area contributed by atoms with Gasteiger partial charge in [-0.05, 0) is 31.8 Å². The molecule has 0 atom stereocenters. The first-order chi connectivity index (χ1) is 5.36. The van der Waals surface area contributed by atoms with Crippen LogP contribution in [0.1, 0.15) is 25.7 Å². The molecule has 0 aromatic heterocycles. The van der Waals surface area contributed by atoms with E-state index in [4.69, 9.17) is 0 Å². The lowest BCUT2D eigenvalue weighted by Gasteiger charge is -2.18. The number of hydrogen-bond acceptors (Lipinski definition) is 2. The van der Waals surface area contributed by atoms with Crippen molar-refractivity contribution in [3.05, 3.63) is 11.6 Å². The molecule has 2 nitrogen and oxygen atoms in total. The number of rotatable bonds is 2. The van der Waals surface area contributed by atoms with Gasteiger partial charge in [0.25, 0.3) is 0 Å². The molecule has 0 amide bonds. The van der Waals surface area contributed by atoms with Crippen LogP contribution in [0.15, 0.2) is 11.6 Å². The predicted octanol–water partition coefficient (Wildman–Crippen LogP) is 1.50. The zero-order valence-electron chi connectivity index (χ0n) is 6.45. The molecule has 1 aliphatic carbocycles. The van der Waals surface area contributed by atoms with Gasteiger partial charge in [-0.15, -0.1) is 0 Å². The van der Waals surface area contributed by atoms with Gasteiger partial charge in [-0.1, -0.05) is 5.57 Å². The van der Waals surface area contributed by atoms with Gasteiger partial charge in [0.05, 0.1) is 0 Å². The first kappa shape index (κ1) is 8.18. The van der Waals surface area contributed by atoms with Crippen LogP contribution in [0.2, 0.25) is 0 Å². The molecule has 1 fully saturated rings. The van der Waals surface area contributed by atoms with Crippen LogP contribution in [0.25, 0.3) is 0 Å². The molecular weight excluding hydrogens is 140 g/mol. The van der Waals surface area contributed by atoms with Crippen LogP contribution in [0.3, 0.4) is 0 Å². The molecule has 0 N–H and O–H groups in total. The maximum Gasteiger partial charge on any atom is 0.142 e. The van der Waals surface area contributed by atoms with Crippen molar-refractivity contribution in [3.63, 3.8) is 0 Å². The minimum Gasteiger partial charge on any atom is -0.303 e. The van der Waals surface area contributed by atoms with E-state index in [0.717, 1.165) is 38.3 Å². The third kappa shape index (κ3) is 2.30. The Morgan fingerprint density at radius 1 is 1.18 bits per heavy atom. The molecule has 0 radical (unpaired) electrons. The SMILES string of the molecule is O=CC=C1CCC(C=O)CC1. The van der Waals surface area contributed by atoms with Crippen molar-refractivity contribution in [2.24, 2.45) is 5.92 Å². The highest BCUT2D eigenvalue weighted by atomic mass is 16.1. The highest BCUT2D eigenvalue weighted by molar-refractivity contribution is 5.66. The molecule has 0 aromatic rings. The zero-order chi connectivity index (χ0) is 8.10. The van der Waals surface area contributed by atoms with Gasteiger partial charge in [0.2, 0.25) is 0 Å². The maximum absolute atomic E-state index is 10.3. The van der Waals surface area contributed by atoms with E-state index in [1.54, 1.807) is 6.08 Å². The van der Waals surface area contributed by atoms with Crippen molar-refractivity contribution < 1.29 is 9.59 Å². The summed E-state index contributed by atoms with van der Waals surface area (Å²) in [5.74, 6) is 0.235. The Hall–Kier alpha value is -0.920. The topological polar surface area (TPSA) is 34.1 Å². The zero-order valence-corrected chi connectivity index (χ0v) is 6.45. The smallest absolute Gasteiger partial charge is 0.142 e. The summed E-state index contributed by atoms with van der Waals surface area (Å²) in [5.41, 5.74) is 1.19. The summed E-state index contributed by atoms with van der Waals surface area (Å²) in [6.45, 7) is 0. The van der Waals surface area contributed by atoms with Crippen LogP contribution in [-0.4, -0.2) is 12.6 Å². The monoisotopic (exact) mass is 152 g/mol. The molecule has 0 bridgehead atoms. The summed E-state index contributed by atoms with van der Waals surface area (Å²) in [6.07, 6.45) is 7.16. The molecule has 0 saturated heterocycles. The summed E-state index contributed by atoms with van der Waals surface area (Å²) >= 11 is 0. The third-order valence-corrected chi connectivity index (χ3v) is 2.17. The van der Waals surface area contributed by atoms with Crippen molar-refractivity contribution in [3.8, 4) is 0 Å². The Labute approximate surface area is 66.3 Å². The van der Waals surface area contributed by atoms with Gasteiger partial charge >= 0.3 is 0 Å². The lowest BCUT2D eigenvalue weighted by molar-refractivity contribution is -0.111. The van der Waals surface area contributed by atoms with E-state index >= 15 is 0 Å². The summed E-state index contributed by atoms with van der Waals surface area (Å²) in [7, 11) is 0. The van der Waals surface area contributed by atoms with E-state index in [1.165, 1.54) is 5.57 Å². The quantitative estimate of drug-likeness (QED) is 0.444. The summed E-state index contributed by atoms with van der Waals surface area (Å²) in [6, 6.07) is 0. The van der Waals surface area contributed by atoms with E-state index in [1.807, 2.05) is 0 Å². The van der Waals surface area contributed by atoms with Gasteiger partial charge in [-0.25, -0.2) is 0 Å². The Bertz CT molecular complexity index is 172. The van der Waals surface area contributed by atoms with E-state index in [2.05, 4.69) is 0 Å². The molecule has 1 aliphatic rings. The second-order valence-corrected chi connectivity index (χ2v) is 2.93. The van der Waals surface area contributed by atoms with E-state index < -0.39 is 0 Å². The number of allylic oxidation sites excluding steroid dienone is 2. The van der Waals surface area contributed by atoms with Crippen LogP contribution in [0, 0.1) is 5.92 Å². The Morgan fingerprint density at radius 2 is 1.82 bits per heavy atom. The number of carbonyl (C=O) groups excluding carboxylic acids is 2. The van der Waals surface area contributed by atoms with Gasteiger partial charge in [-0.3, -0.25) is 4.79 Å². The van der Waals surface area contributed by atoms with Crippen molar-refractivity contribution in [1.29, 1.82) is 0 Å². The summed E-state index contributed by atoms with van der Waals surface area (Å²) in [5, 5.41) is 0. The largest absolute Gasteiger partial charge is 0.303 e. The second kappa shape index (κ2) is 4.06. The van der Waals surface area contributed by atoms with E-state index in [9.17, 15) is 9.59 Å². The number of carbonyl (C=O) groups is 2. The fourth-order valence-corrected chi connectivity index (χ4v) is 1.41. The van der Waals surface area contributed by atoms with Gasteiger partial charge in [0, 0.05) is 5.92 Å². The molecule has 0 aliphatic heterocycles. The maximum atomic E-state index is 10.3. The molecule has 2 heteroatoms. The normalized spacial score (nSPS) is 24.4. The Morgan fingerprint density at radius 3 is 2.27 bits per heavy atom. The van der Waals surface area contributed by atoms with Crippen LogP contribution in [0.4, 0.5) is 0 Å². The van der Waals surface area contributed by atoms with Crippen molar-refractivity contribution in [1.82, 2.24) is 0 Å². The minimum atomic E-state index is 0.235. The van der Waals surface area contributed by atoms with Crippen LogP contribution >= 0.6 is 0 Å². The standard InChI is InChI=1S/C9H12O2/c10-6-5-8-1-3-9(7-11)4-2-8/h5-7,9H,1-4H2. The molecule has 0 aromatic carbocycles. The average Bonchev–Trinajstić information content (AvgIpc) is 2.07. The van der Waals surface area contributed by atoms with Crippen molar-refractivity contribution >= 4 is 12.6 Å². The van der Waals surface area contributed by atoms with E-state index in [0.29, 0.717) is 0 Å². The molecule has 1 rings (SSSR count). The molecule has 0 spiro atoms. The number of aldehydes is 2. The first-order valence-electron chi connectivity index (χ1n) is 3.95. The molecule has 0 unspecified atom stereocenters. The van der Waals surface area contributed by atoms with Crippen molar-refractivity contribution in [2.45, 2.75) is 25.7 Å². The molecular formula is C9H12O2. The number of hydrogen-bond donors (Lipinski definition) is 0. The Balaban J connectivity index is 2.41. The minimum absolute atomic E-state index is 0.235. The second-order valence-electron chi connectivity index (χ2n) is 2.93. The molecule has 1 saturated carbocycles. The predicted molar refractivity (Wildman–Crippen MR) is 42.2 cm³/mol. The highest BCUT2D eigenvalue weighted by Crippen LogP contribution is 2.26. The van der Waals surface area contributed by atoms with Gasteiger partial charge < -0.3 is 4.79 Å². The average molecular weight is 152 g/mol. The Kier molecular flexibility index (Phi) is 3.02. The molecule has 60 valence electrons. The van der Waals surface area contributed by atoms with Crippen LogP contribution in [0.5, 0.6) is 0 Å². The summed E-state index contributed by atoms with van der Waals surface area (Å²) in [4.78, 5) is 20.4. The van der Waals surface area contributed by atoms with Crippen LogP contribution < -0.4 is 0 Å². The van der Waals surface area contributed by atoms with Gasteiger partial charge in [-0.2, -0.15) is 0 Å². The fraction of sp³-hybridized carbons (Fsp3) is 0.556. The fourth-order valence-electron chi connectivity index (χ4n) is 1.41. The van der Waals surface area contributed by atoms with Crippen LogP contribution in [-0.2, 0) is 9.59 Å². The first-order valence-corrected chi connectivity index (χ1v) is 3.95. The van der Waals surface area contributed by atoms with Gasteiger partial charge in [0.15, 0.2) is 0 Å². The van der Waals surface area contributed by atoms with Crippen molar-refractivity contribution in [2.75, 3.05) is 0 Å². The lowest BCUT2D eigenvalue weighted by Crippen LogP contribution is -2.08. The molecule has 11 heavy (non-hydrogen) atoms. The van der Waals surface area contributed by atoms with E-state index in [-0.39, 0.29) is 5.92 Å². The van der Waals surface area contributed by atoms with Gasteiger partial charge in [0.1, 0.15) is 12.6 Å². The highest BCUT2D eigenvalue weighted by Gasteiger charge is 2.14. The molecule has 0 heterocycles. The lowest BCUT2D eigenvalue weighted by atomic mass is 9.87. The third-order valence-electron chi connectivity index (χ3n) is 2.17. The summed E-state index contributed by atoms with van der Waals surface area (Å²) < 4.78 is 0.